The molecule has 0 unspecified atom stereocenters. The first-order valence-corrected chi connectivity index (χ1v) is 12.5. The van der Waals surface area contributed by atoms with Crippen LogP contribution in [0.3, 0.4) is 0 Å². The van der Waals surface area contributed by atoms with Gasteiger partial charge in [-0.15, -0.1) is 0 Å². The zero-order valence-corrected chi connectivity index (χ0v) is 19.3. The number of aromatic nitrogens is 1. The van der Waals surface area contributed by atoms with Gasteiger partial charge in [0.15, 0.2) is 6.61 Å². The number of carbonyl (C=O) groups excluding carboxylic acids is 1. The van der Waals surface area contributed by atoms with E-state index < -0.39 is 13.0 Å². The van der Waals surface area contributed by atoms with Crippen molar-refractivity contribution in [1.29, 1.82) is 0 Å². The number of Topliss-reactive ketones (excluding diaryl/α,β-unsaturated/α-hetero) is 1. The van der Waals surface area contributed by atoms with E-state index >= 15 is 0 Å². The van der Waals surface area contributed by atoms with Crippen molar-refractivity contribution in [2.24, 2.45) is 11.8 Å². The highest BCUT2D eigenvalue weighted by Crippen LogP contribution is 2.34. The first kappa shape index (κ1) is 23.3. The third-order valence-electron chi connectivity index (χ3n) is 6.70. The Morgan fingerprint density at radius 3 is 2.66 bits per heavy atom. The molecule has 0 N–H and O–H groups in total. The van der Waals surface area contributed by atoms with Crippen molar-refractivity contribution < 1.29 is 18.3 Å². The Kier molecular flexibility index (Phi) is 8.25. The summed E-state index contributed by atoms with van der Waals surface area (Å²) >= 11 is 1.41. The topological polar surface area (TPSA) is 42.4 Å². The lowest BCUT2D eigenvalue weighted by atomic mass is 9.78. The molecule has 174 valence electrons. The van der Waals surface area contributed by atoms with Crippen LogP contribution in [-0.2, 0) is 24.2 Å². The van der Waals surface area contributed by atoms with E-state index in [4.69, 9.17) is 4.74 Å². The average molecular weight is 463 g/mol. The fourth-order valence-corrected chi connectivity index (χ4v) is 5.84. The Bertz CT molecular complexity index is 866. The van der Waals surface area contributed by atoms with Crippen molar-refractivity contribution in [2.45, 2.75) is 64.3 Å². The predicted octanol–water partition coefficient (Wildman–Crippen LogP) is 5.54. The molecular formula is C25H32F2N2O2S. The highest BCUT2D eigenvalue weighted by Gasteiger charge is 2.25. The Morgan fingerprint density at radius 2 is 1.91 bits per heavy atom. The average Bonchev–Trinajstić information content (AvgIpc) is 3.20. The molecule has 1 aromatic carbocycles. The van der Waals surface area contributed by atoms with Gasteiger partial charge in [-0.3, -0.25) is 9.69 Å². The molecule has 1 saturated carbocycles. The van der Waals surface area contributed by atoms with Crippen molar-refractivity contribution >= 4 is 17.1 Å². The monoisotopic (exact) mass is 462 g/mol. The molecule has 1 aliphatic carbocycles. The van der Waals surface area contributed by atoms with E-state index in [1.54, 1.807) is 0 Å². The second kappa shape index (κ2) is 11.3. The van der Waals surface area contributed by atoms with E-state index in [1.807, 2.05) is 30.3 Å². The Morgan fingerprint density at radius 1 is 1.16 bits per heavy atom. The Balaban J connectivity index is 1.14. The van der Waals surface area contributed by atoms with Crippen LogP contribution in [0, 0.1) is 11.8 Å². The van der Waals surface area contributed by atoms with Gasteiger partial charge in [-0.1, -0.05) is 54.5 Å². The maximum atomic E-state index is 12.4. The van der Waals surface area contributed by atoms with Gasteiger partial charge in [0.1, 0.15) is 5.78 Å². The van der Waals surface area contributed by atoms with Gasteiger partial charge in [-0.2, -0.15) is 0 Å². The number of fused-ring (bicyclic) bond motifs is 1. The zero-order valence-electron chi connectivity index (χ0n) is 18.5. The lowest BCUT2D eigenvalue weighted by Crippen LogP contribution is -2.32. The molecule has 0 spiro atoms. The summed E-state index contributed by atoms with van der Waals surface area (Å²) in [7, 11) is 0. The number of thiazole rings is 1. The molecule has 2 aliphatic rings. The maximum Gasteiger partial charge on any atom is 0.273 e. The van der Waals surface area contributed by atoms with Crippen LogP contribution in [0.25, 0.3) is 0 Å². The first-order chi connectivity index (χ1) is 15.5. The van der Waals surface area contributed by atoms with Crippen molar-refractivity contribution in [3.05, 3.63) is 46.5 Å². The molecular weight excluding hydrogens is 430 g/mol. The summed E-state index contributed by atoms with van der Waals surface area (Å²) in [6, 6.07) is 10.0. The molecule has 1 aliphatic heterocycles. The second-order valence-corrected chi connectivity index (χ2v) is 10.2. The third kappa shape index (κ3) is 6.82. The van der Waals surface area contributed by atoms with Gasteiger partial charge in [-0.25, -0.2) is 13.8 Å². The minimum Gasteiger partial charge on any atom is -0.464 e. The molecule has 7 heteroatoms. The summed E-state index contributed by atoms with van der Waals surface area (Å²) in [5.41, 5.74) is 2.11. The van der Waals surface area contributed by atoms with Crippen LogP contribution < -0.4 is 4.74 Å². The SMILES string of the molecule is O=C(Cc1ccccc1)CC1CCC(CCN2CCc3sc(OCC(F)F)nc3C2)CC1. The van der Waals surface area contributed by atoms with E-state index in [1.165, 1.54) is 35.5 Å². The molecule has 0 radical (unpaired) electrons. The minimum atomic E-state index is -2.47. The lowest BCUT2D eigenvalue weighted by molar-refractivity contribution is -0.119. The van der Waals surface area contributed by atoms with Gasteiger partial charge in [0.25, 0.3) is 11.6 Å². The maximum absolute atomic E-state index is 12.4. The standard InChI is InChI=1S/C25H32F2N2O2S/c26-24(27)17-31-25-28-22-16-29(13-11-23(22)32-25)12-10-18-6-8-20(9-7-18)15-21(30)14-19-4-2-1-3-5-19/h1-5,18,20,24H,6-17H2. The minimum absolute atomic E-state index is 0.365. The highest BCUT2D eigenvalue weighted by molar-refractivity contribution is 7.13. The van der Waals surface area contributed by atoms with Crippen LogP contribution in [0.15, 0.2) is 30.3 Å². The highest BCUT2D eigenvalue weighted by atomic mass is 32.1. The molecule has 2 aromatic rings. The number of ketones is 1. The number of nitrogens with zero attached hydrogens (tertiary/aromatic N) is 2. The van der Waals surface area contributed by atoms with E-state index in [9.17, 15) is 13.6 Å². The van der Waals surface area contributed by atoms with Gasteiger partial charge in [0.2, 0.25) is 0 Å². The predicted molar refractivity (Wildman–Crippen MR) is 122 cm³/mol. The molecule has 0 saturated heterocycles. The van der Waals surface area contributed by atoms with Gasteiger partial charge < -0.3 is 4.74 Å². The number of benzene rings is 1. The molecule has 0 bridgehead atoms. The summed E-state index contributed by atoms with van der Waals surface area (Å²) in [5.74, 6) is 1.64. The number of alkyl halides is 2. The summed E-state index contributed by atoms with van der Waals surface area (Å²) in [6.07, 6.45) is 5.65. The van der Waals surface area contributed by atoms with E-state index in [2.05, 4.69) is 9.88 Å². The smallest absolute Gasteiger partial charge is 0.273 e. The van der Waals surface area contributed by atoms with Gasteiger partial charge in [-0.05, 0) is 49.6 Å². The fraction of sp³-hybridized carbons (Fsp3) is 0.600. The number of carbonyl (C=O) groups is 1. The fourth-order valence-electron chi connectivity index (χ4n) is 4.92. The summed E-state index contributed by atoms with van der Waals surface area (Å²) in [5, 5.41) is 0.372. The molecule has 2 heterocycles. The van der Waals surface area contributed by atoms with E-state index in [0.717, 1.165) is 62.5 Å². The van der Waals surface area contributed by atoms with Gasteiger partial charge in [0, 0.05) is 30.8 Å². The number of ether oxygens (including phenoxy) is 1. The number of halogens is 2. The Hall–Kier alpha value is -1.86. The zero-order chi connectivity index (χ0) is 22.3. The van der Waals surface area contributed by atoms with Crippen LogP contribution in [0.4, 0.5) is 8.78 Å². The van der Waals surface area contributed by atoms with E-state index in [-0.39, 0.29) is 0 Å². The largest absolute Gasteiger partial charge is 0.464 e. The van der Waals surface area contributed by atoms with Gasteiger partial charge in [0.05, 0.1) is 5.69 Å². The third-order valence-corrected chi connectivity index (χ3v) is 7.77. The van der Waals surface area contributed by atoms with Crippen molar-refractivity contribution in [2.75, 3.05) is 19.7 Å². The molecule has 0 amide bonds. The van der Waals surface area contributed by atoms with Crippen LogP contribution in [0.2, 0.25) is 0 Å². The van der Waals surface area contributed by atoms with Crippen molar-refractivity contribution in [3.63, 3.8) is 0 Å². The molecule has 1 fully saturated rings. The molecule has 4 nitrogen and oxygen atoms in total. The lowest BCUT2D eigenvalue weighted by Gasteiger charge is -2.31. The number of hydrogen-bond donors (Lipinski definition) is 0. The molecule has 0 atom stereocenters. The van der Waals surface area contributed by atoms with Gasteiger partial charge >= 0.3 is 0 Å². The molecule has 4 rings (SSSR count). The van der Waals surface area contributed by atoms with Crippen molar-refractivity contribution in [1.82, 2.24) is 9.88 Å². The van der Waals surface area contributed by atoms with Crippen LogP contribution in [0.5, 0.6) is 5.19 Å². The van der Waals surface area contributed by atoms with Crippen LogP contribution >= 0.6 is 11.3 Å². The van der Waals surface area contributed by atoms with E-state index in [0.29, 0.717) is 23.3 Å². The Labute approximate surface area is 193 Å². The summed E-state index contributed by atoms with van der Waals surface area (Å²) < 4.78 is 29.8. The molecule has 32 heavy (non-hydrogen) atoms. The van der Waals surface area contributed by atoms with Crippen LogP contribution in [0.1, 0.15) is 54.7 Å². The summed E-state index contributed by atoms with van der Waals surface area (Å²) in [4.78, 5) is 20.4. The van der Waals surface area contributed by atoms with Crippen molar-refractivity contribution in [3.8, 4) is 5.19 Å². The normalized spacial score (nSPS) is 21.5. The molecule has 1 aromatic heterocycles. The number of hydrogen-bond acceptors (Lipinski definition) is 5. The van der Waals surface area contributed by atoms with Crippen LogP contribution in [-0.4, -0.2) is 41.8 Å². The number of rotatable bonds is 10. The second-order valence-electron chi connectivity index (χ2n) is 9.16. The quantitative estimate of drug-likeness (QED) is 0.465. The summed E-state index contributed by atoms with van der Waals surface area (Å²) in [6.45, 7) is 2.24. The first-order valence-electron chi connectivity index (χ1n) is 11.7.